The van der Waals surface area contributed by atoms with Gasteiger partial charge in [-0.05, 0) is 68.9 Å². The molecule has 0 heterocycles. The zero-order valence-corrected chi connectivity index (χ0v) is 16.6. The van der Waals surface area contributed by atoms with Crippen molar-refractivity contribution >= 4 is 15.9 Å². The zero-order chi connectivity index (χ0) is 20.4. The Labute approximate surface area is 159 Å². The average molecular weight is 393 g/mol. The van der Waals surface area contributed by atoms with Gasteiger partial charge in [-0.3, -0.25) is 4.79 Å². The quantitative estimate of drug-likeness (QED) is 0.786. The number of primary sulfonamides is 1. The standard InChI is InChI=1S/C19H24FN3O3S/c1-12-8-15(10-18(13(12)2)27(21,25)26)19(24)22-11-17(23(3)4)14-6-5-7-16(20)9-14/h5-10,17H,11H2,1-4H3,(H,22,24)(H2,21,25,26). The summed E-state index contributed by atoms with van der Waals surface area (Å²) in [5, 5.41) is 8.03. The zero-order valence-electron chi connectivity index (χ0n) is 15.8. The molecular formula is C19H24FN3O3S. The molecule has 6 nitrogen and oxygen atoms in total. The number of amides is 1. The third kappa shape index (κ3) is 5.12. The number of nitrogens with one attached hydrogen (secondary N) is 1. The van der Waals surface area contributed by atoms with Crippen molar-refractivity contribution in [2.24, 2.45) is 5.14 Å². The first-order valence-corrected chi connectivity index (χ1v) is 9.89. The summed E-state index contributed by atoms with van der Waals surface area (Å²) in [7, 11) is -0.274. The van der Waals surface area contributed by atoms with E-state index < -0.39 is 15.9 Å². The van der Waals surface area contributed by atoms with Gasteiger partial charge in [0.25, 0.3) is 5.91 Å². The van der Waals surface area contributed by atoms with Gasteiger partial charge in [-0.25, -0.2) is 17.9 Å². The third-order valence-corrected chi connectivity index (χ3v) is 5.54. The van der Waals surface area contributed by atoms with Gasteiger partial charge in [0.1, 0.15) is 5.82 Å². The second-order valence-corrected chi connectivity index (χ2v) is 8.24. The molecule has 8 heteroatoms. The number of rotatable bonds is 6. The molecule has 146 valence electrons. The van der Waals surface area contributed by atoms with E-state index in [2.05, 4.69) is 5.32 Å². The maximum atomic E-state index is 13.5. The van der Waals surface area contributed by atoms with Crippen molar-refractivity contribution in [2.75, 3.05) is 20.6 Å². The molecule has 0 aliphatic rings. The highest BCUT2D eigenvalue weighted by Gasteiger charge is 2.20. The SMILES string of the molecule is Cc1cc(C(=O)NCC(c2cccc(F)c2)N(C)C)cc(S(N)(=O)=O)c1C. The molecule has 1 amide bonds. The van der Waals surface area contributed by atoms with Crippen LogP contribution in [0.3, 0.4) is 0 Å². The lowest BCUT2D eigenvalue weighted by molar-refractivity contribution is 0.0941. The molecule has 27 heavy (non-hydrogen) atoms. The van der Waals surface area contributed by atoms with E-state index in [4.69, 9.17) is 5.14 Å². The van der Waals surface area contributed by atoms with Gasteiger partial charge >= 0.3 is 0 Å². The van der Waals surface area contributed by atoms with Gasteiger partial charge in [0.2, 0.25) is 10.0 Å². The van der Waals surface area contributed by atoms with E-state index in [1.807, 2.05) is 19.0 Å². The molecule has 0 fully saturated rings. The number of halogens is 1. The highest BCUT2D eigenvalue weighted by atomic mass is 32.2. The molecular weight excluding hydrogens is 369 g/mol. The Morgan fingerprint density at radius 1 is 1.22 bits per heavy atom. The summed E-state index contributed by atoms with van der Waals surface area (Å²) in [4.78, 5) is 14.4. The molecule has 1 atom stereocenters. The first-order chi connectivity index (χ1) is 12.5. The monoisotopic (exact) mass is 393 g/mol. The van der Waals surface area contributed by atoms with Gasteiger partial charge in [-0.1, -0.05) is 12.1 Å². The molecule has 3 N–H and O–H groups in total. The van der Waals surface area contributed by atoms with Crippen LogP contribution in [0.15, 0.2) is 41.3 Å². The van der Waals surface area contributed by atoms with Gasteiger partial charge in [0.05, 0.1) is 10.9 Å². The van der Waals surface area contributed by atoms with Crippen LogP contribution in [-0.4, -0.2) is 39.9 Å². The Bertz CT molecular complexity index is 959. The Balaban J connectivity index is 2.25. The summed E-state index contributed by atoms with van der Waals surface area (Å²) >= 11 is 0. The molecule has 0 saturated carbocycles. The minimum absolute atomic E-state index is 0.0676. The van der Waals surface area contributed by atoms with Crippen LogP contribution in [0.5, 0.6) is 0 Å². The van der Waals surface area contributed by atoms with Crippen molar-refractivity contribution in [3.05, 3.63) is 64.5 Å². The van der Waals surface area contributed by atoms with Crippen LogP contribution in [-0.2, 0) is 10.0 Å². The Kier molecular flexibility index (Phi) is 6.35. The maximum absolute atomic E-state index is 13.5. The second-order valence-electron chi connectivity index (χ2n) is 6.71. The highest BCUT2D eigenvalue weighted by Crippen LogP contribution is 2.21. The van der Waals surface area contributed by atoms with E-state index >= 15 is 0 Å². The van der Waals surface area contributed by atoms with Crippen molar-refractivity contribution in [1.29, 1.82) is 0 Å². The molecule has 0 radical (unpaired) electrons. The molecule has 0 bridgehead atoms. The molecule has 2 aromatic rings. The number of nitrogens with zero attached hydrogens (tertiary/aromatic N) is 1. The van der Waals surface area contributed by atoms with E-state index in [0.717, 1.165) is 5.56 Å². The predicted octanol–water partition coefficient (Wildman–Crippen LogP) is 2.12. The molecule has 0 aromatic heterocycles. The Morgan fingerprint density at radius 2 is 1.89 bits per heavy atom. The van der Waals surface area contributed by atoms with Crippen LogP contribution >= 0.6 is 0 Å². The van der Waals surface area contributed by atoms with Gasteiger partial charge in [0, 0.05) is 12.1 Å². The lowest BCUT2D eigenvalue weighted by Crippen LogP contribution is -2.34. The number of sulfonamides is 1. The molecule has 0 saturated heterocycles. The molecule has 2 aromatic carbocycles. The molecule has 1 unspecified atom stereocenters. The van der Waals surface area contributed by atoms with Gasteiger partial charge in [-0.2, -0.15) is 0 Å². The van der Waals surface area contributed by atoms with Crippen LogP contribution in [0.25, 0.3) is 0 Å². The van der Waals surface area contributed by atoms with Gasteiger partial charge in [-0.15, -0.1) is 0 Å². The summed E-state index contributed by atoms with van der Waals surface area (Å²) in [5.74, 6) is -0.774. The van der Waals surface area contributed by atoms with Crippen molar-refractivity contribution in [3.8, 4) is 0 Å². The Morgan fingerprint density at radius 3 is 2.44 bits per heavy atom. The van der Waals surface area contributed by atoms with E-state index in [1.165, 1.54) is 18.2 Å². The number of carbonyl (C=O) groups is 1. The summed E-state index contributed by atoms with van der Waals surface area (Å²) in [5.41, 5.74) is 2.10. The summed E-state index contributed by atoms with van der Waals surface area (Å²) in [6.45, 7) is 3.59. The largest absolute Gasteiger partial charge is 0.350 e. The number of aryl methyl sites for hydroxylation is 1. The first-order valence-electron chi connectivity index (χ1n) is 8.35. The molecule has 0 aliphatic heterocycles. The average Bonchev–Trinajstić information content (AvgIpc) is 2.55. The highest BCUT2D eigenvalue weighted by molar-refractivity contribution is 7.89. The number of hydrogen-bond acceptors (Lipinski definition) is 4. The number of benzene rings is 2. The van der Waals surface area contributed by atoms with Crippen LogP contribution in [0.2, 0.25) is 0 Å². The number of nitrogens with two attached hydrogens (primary N) is 1. The lowest BCUT2D eigenvalue weighted by atomic mass is 10.0. The fraction of sp³-hybridized carbons (Fsp3) is 0.316. The normalized spacial score (nSPS) is 12.9. The van der Waals surface area contributed by atoms with Crippen molar-refractivity contribution in [3.63, 3.8) is 0 Å². The van der Waals surface area contributed by atoms with Crippen LogP contribution < -0.4 is 10.5 Å². The fourth-order valence-electron chi connectivity index (χ4n) is 2.86. The van der Waals surface area contributed by atoms with E-state index in [-0.39, 0.29) is 28.9 Å². The van der Waals surface area contributed by atoms with E-state index in [9.17, 15) is 17.6 Å². The number of hydrogen-bond donors (Lipinski definition) is 2. The summed E-state index contributed by atoms with van der Waals surface area (Å²) in [6, 6.07) is 8.84. The van der Waals surface area contributed by atoms with Gasteiger partial charge in [0.15, 0.2) is 0 Å². The smallest absolute Gasteiger partial charge is 0.251 e. The van der Waals surface area contributed by atoms with Crippen LogP contribution in [0, 0.1) is 19.7 Å². The minimum atomic E-state index is -3.93. The number of carbonyl (C=O) groups excluding carboxylic acids is 1. The number of likely N-dealkylation sites (N-methyl/N-ethyl adjacent to an activating group) is 1. The van der Waals surface area contributed by atoms with Gasteiger partial charge < -0.3 is 10.2 Å². The third-order valence-electron chi connectivity index (χ3n) is 4.50. The topological polar surface area (TPSA) is 92.5 Å². The minimum Gasteiger partial charge on any atom is -0.350 e. The summed E-state index contributed by atoms with van der Waals surface area (Å²) in [6.07, 6.45) is 0. The first kappa shape index (κ1) is 21.0. The molecule has 2 rings (SSSR count). The molecule has 0 spiro atoms. The predicted molar refractivity (Wildman–Crippen MR) is 102 cm³/mol. The summed E-state index contributed by atoms with van der Waals surface area (Å²) < 4.78 is 37.0. The fourth-order valence-corrected chi connectivity index (χ4v) is 3.74. The van der Waals surface area contributed by atoms with Crippen molar-refractivity contribution in [2.45, 2.75) is 24.8 Å². The van der Waals surface area contributed by atoms with Crippen molar-refractivity contribution < 1.29 is 17.6 Å². The van der Waals surface area contributed by atoms with Crippen LogP contribution in [0.4, 0.5) is 4.39 Å². The second kappa shape index (κ2) is 8.16. The lowest BCUT2D eigenvalue weighted by Gasteiger charge is -2.25. The maximum Gasteiger partial charge on any atom is 0.251 e. The van der Waals surface area contributed by atoms with Crippen molar-refractivity contribution in [1.82, 2.24) is 10.2 Å². The Hall–Kier alpha value is -2.29. The van der Waals surface area contributed by atoms with E-state index in [0.29, 0.717) is 11.1 Å². The van der Waals surface area contributed by atoms with Crippen LogP contribution in [0.1, 0.15) is 33.1 Å². The van der Waals surface area contributed by atoms with E-state index in [1.54, 1.807) is 32.0 Å². The molecule has 0 aliphatic carbocycles.